The Morgan fingerprint density at radius 2 is 2.17 bits per heavy atom. The van der Waals surface area contributed by atoms with Gasteiger partial charge in [-0.3, -0.25) is 4.79 Å². The van der Waals surface area contributed by atoms with Gasteiger partial charge in [0, 0.05) is 5.56 Å². The van der Waals surface area contributed by atoms with Crippen molar-refractivity contribution in [3.63, 3.8) is 0 Å². The molecule has 1 aromatic carbocycles. The molecule has 0 radical (unpaired) electrons. The summed E-state index contributed by atoms with van der Waals surface area (Å²) in [6, 6.07) is 4.42. The van der Waals surface area contributed by atoms with E-state index >= 15 is 0 Å². The van der Waals surface area contributed by atoms with Gasteiger partial charge in [-0.15, -0.1) is 0 Å². The molecule has 120 valence electrons. The molecular weight excluding hydrogens is 297 g/mol. The summed E-state index contributed by atoms with van der Waals surface area (Å²) in [5, 5.41) is 3.96. The van der Waals surface area contributed by atoms with Crippen LogP contribution >= 0.6 is 0 Å². The lowest BCUT2D eigenvalue weighted by atomic mass is 9.80. The number of hydrogen-bond donors (Lipinski definition) is 0. The fourth-order valence-corrected chi connectivity index (χ4v) is 3.07. The highest BCUT2D eigenvalue weighted by atomic mass is 19.1. The average molecular weight is 315 g/mol. The van der Waals surface area contributed by atoms with Crippen LogP contribution in [0.25, 0.3) is 16.8 Å². The van der Waals surface area contributed by atoms with E-state index in [1.54, 1.807) is 6.07 Å². The van der Waals surface area contributed by atoms with Crippen LogP contribution in [0.4, 0.5) is 4.39 Å². The Morgan fingerprint density at radius 3 is 2.78 bits per heavy atom. The van der Waals surface area contributed by atoms with Crippen molar-refractivity contribution >= 4 is 11.9 Å². The Bertz CT molecular complexity index is 790. The van der Waals surface area contributed by atoms with Crippen LogP contribution in [0, 0.1) is 11.2 Å². The van der Waals surface area contributed by atoms with E-state index in [1.807, 2.05) is 0 Å². The zero-order valence-electron chi connectivity index (χ0n) is 13.4. The lowest BCUT2D eigenvalue weighted by Crippen LogP contribution is -2.10. The van der Waals surface area contributed by atoms with Gasteiger partial charge in [0.1, 0.15) is 17.3 Å². The smallest absolute Gasteiger partial charge is 0.207 e. The van der Waals surface area contributed by atoms with E-state index in [0.717, 1.165) is 18.4 Å². The van der Waals surface area contributed by atoms with E-state index < -0.39 is 5.82 Å². The Labute approximate surface area is 133 Å². The van der Waals surface area contributed by atoms with Gasteiger partial charge in [0.25, 0.3) is 0 Å². The van der Waals surface area contributed by atoms with Crippen molar-refractivity contribution in [3.8, 4) is 17.0 Å². The lowest BCUT2D eigenvalue weighted by molar-refractivity contribution is 0.109. The number of benzene rings is 1. The number of aromatic nitrogens is 1. The number of hydrogen-bond acceptors (Lipinski definition) is 4. The minimum Gasteiger partial charge on any atom is -0.497 e. The molecule has 4 nitrogen and oxygen atoms in total. The number of halogens is 1. The molecule has 0 saturated heterocycles. The summed E-state index contributed by atoms with van der Waals surface area (Å²) in [6.07, 6.45) is 4.57. The number of carbonyl (C=O) groups is 1. The molecular formula is C18H18FNO3. The fraction of sp³-hybridized carbons (Fsp3) is 0.333. The quantitative estimate of drug-likeness (QED) is 0.779. The molecule has 0 unspecified atom stereocenters. The van der Waals surface area contributed by atoms with Crippen molar-refractivity contribution in [2.24, 2.45) is 5.41 Å². The van der Waals surface area contributed by atoms with E-state index in [0.29, 0.717) is 23.3 Å². The number of nitrogens with zero attached hydrogens (tertiary/aromatic N) is 1. The maximum Gasteiger partial charge on any atom is 0.207 e. The monoisotopic (exact) mass is 315 g/mol. The topological polar surface area (TPSA) is 52.3 Å². The van der Waals surface area contributed by atoms with Crippen molar-refractivity contribution < 1.29 is 18.4 Å². The van der Waals surface area contributed by atoms with E-state index in [9.17, 15) is 9.18 Å². The van der Waals surface area contributed by atoms with E-state index in [1.165, 1.54) is 19.2 Å². The normalized spacial score (nSPS) is 16.3. The van der Waals surface area contributed by atoms with Crippen molar-refractivity contribution in [1.82, 2.24) is 5.16 Å². The first kappa shape index (κ1) is 15.5. The van der Waals surface area contributed by atoms with E-state index in [-0.39, 0.29) is 16.7 Å². The highest BCUT2D eigenvalue weighted by Crippen LogP contribution is 2.48. The van der Waals surface area contributed by atoms with Gasteiger partial charge in [-0.1, -0.05) is 25.1 Å². The van der Waals surface area contributed by atoms with E-state index in [4.69, 9.17) is 9.26 Å². The van der Waals surface area contributed by atoms with Gasteiger partial charge in [0.15, 0.2) is 6.29 Å². The molecule has 3 rings (SSSR count). The molecule has 0 amide bonds. The highest BCUT2D eigenvalue weighted by molar-refractivity contribution is 5.91. The second-order valence-corrected chi connectivity index (χ2v) is 6.27. The summed E-state index contributed by atoms with van der Waals surface area (Å²) >= 11 is 0. The van der Waals surface area contributed by atoms with Crippen LogP contribution in [0.5, 0.6) is 5.75 Å². The number of rotatable bonds is 4. The summed E-state index contributed by atoms with van der Waals surface area (Å²) in [5.41, 5.74) is 2.03. The third-order valence-electron chi connectivity index (χ3n) is 4.37. The van der Waals surface area contributed by atoms with Crippen molar-refractivity contribution in [2.45, 2.75) is 26.7 Å². The van der Waals surface area contributed by atoms with Crippen molar-refractivity contribution in [3.05, 3.63) is 41.4 Å². The SMILES string of the molecule is COc1ccc(F)c(-c2noc(C=O)c2C2=CCCC2(C)C)c1. The van der Waals surface area contributed by atoms with Crippen LogP contribution in [-0.2, 0) is 0 Å². The lowest BCUT2D eigenvalue weighted by Gasteiger charge is -2.22. The zero-order chi connectivity index (χ0) is 16.6. The number of methoxy groups -OCH3 is 1. The van der Waals surface area contributed by atoms with Gasteiger partial charge in [0.2, 0.25) is 5.76 Å². The maximum atomic E-state index is 14.3. The molecule has 1 heterocycles. The first-order chi connectivity index (χ1) is 11.0. The summed E-state index contributed by atoms with van der Waals surface area (Å²) in [7, 11) is 1.51. The van der Waals surface area contributed by atoms with Gasteiger partial charge in [0.05, 0.1) is 12.7 Å². The number of allylic oxidation sites excluding steroid dienone is 2. The largest absolute Gasteiger partial charge is 0.497 e. The Kier molecular flexibility index (Phi) is 3.80. The Morgan fingerprint density at radius 1 is 1.39 bits per heavy atom. The zero-order valence-corrected chi connectivity index (χ0v) is 13.4. The van der Waals surface area contributed by atoms with Gasteiger partial charge >= 0.3 is 0 Å². The second kappa shape index (κ2) is 5.65. The molecule has 0 saturated carbocycles. The van der Waals surface area contributed by atoms with Crippen LogP contribution in [-0.4, -0.2) is 18.6 Å². The van der Waals surface area contributed by atoms with E-state index in [2.05, 4.69) is 25.1 Å². The molecule has 1 aliphatic carbocycles. The van der Waals surface area contributed by atoms with Crippen LogP contribution in [0.3, 0.4) is 0 Å². The first-order valence-electron chi connectivity index (χ1n) is 7.47. The molecule has 1 aliphatic rings. The Balaban J connectivity index is 2.23. The third-order valence-corrected chi connectivity index (χ3v) is 4.37. The average Bonchev–Trinajstić information content (AvgIpc) is 3.09. The van der Waals surface area contributed by atoms with Gasteiger partial charge in [-0.2, -0.15) is 0 Å². The first-order valence-corrected chi connectivity index (χ1v) is 7.47. The fourth-order valence-electron chi connectivity index (χ4n) is 3.07. The van der Waals surface area contributed by atoms with Gasteiger partial charge in [-0.25, -0.2) is 4.39 Å². The van der Waals surface area contributed by atoms with Crippen LogP contribution in [0.2, 0.25) is 0 Å². The summed E-state index contributed by atoms with van der Waals surface area (Å²) in [5.74, 6) is 0.209. The molecule has 0 aliphatic heterocycles. The molecule has 0 fully saturated rings. The summed E-state index contributed by atoms with van der Waals surface area (Å²) < 4.78 is 24.6. The minimum absolute atomic E-state index is 0.118. The Hall–Kier alpha value is -2.43. The molecule has 0 atom stereocenters. The minimum atomic E-state index is -0.436. The predicted octanol–water partition coefficient (Wildman–Crippen LogP) is 4.51. The molecule has 0 spiro atoms. The molecule has 0 bridgehead atoms. The highest BCUT2D eigenvalue weighted by Gasteiger charge is 2.34. The maximum absolute atomic E-state index is 14.3. The van der Waals surface area contributed by atoms with Crippen LogP contribution in [0.15, 0.2) is 28.8 Å². The van der Waals surface area contributed by atoms with Gasteiger partial charge < -0.3 is 9.26 Å². The van der Waals surface area contributed by atoms with Crippen LogP contribution < -0.4 is 4.74 Å². The predicted molar refractivity (Wildman–Crippen MR) is 84.8 cm³/mol. The summed E-state index contributed by atoms with van der Waals surface area (Å²) in [4.78, 5) is 11.4. The third kappa shape index (κ3) is 2.56. The summed E-state index contributed by atoms with van der Waals surface area (Å²) in [6.45, 7) is 4.19. The number of carbonyl (C=O) groups excluding carboxylic acids is 1. The number of aldehydes is 1. The standard InChI is InChI=1S/C18H18FNO3/c1-18(2)8-4-5-13(18)16-15(10-21)23-20-17(16)12-9-11(22-3)6-7-14(12)19/h5-7,9-10H,4,8H2,1-3H3. The molecule has 2 aromatic rings. The van der Waals surface area contributed by atoms with Crippen molar-refractivity contribution in [1.29, 1.82) is 0 Å². The van der Waals surface area contributed by atoms with Gasteiger partial charge in [-0.05, 0) is 42.0 Å². The molecule has 23 heavy (non-hydrogen) atoms. The van der Waals surface area contributed by atoms with Crippen molar-refractivity contribution in [2.75, 3.05) is 7.11 Å². The molecule has 1 aromatic heterocycles. The molecule has 5 heteroatoms. The molecule has 0 N–H and O–H groups in total. The van der Waals surface area contributed by atoms with Crippen LogP contribution in [0.1, 0.15) is 42.8 Å². The second-order valence-electron chi connectivity index (χ2n) is 6.27. The number of ether oxygens (including phenoxy) is 1.